The molecule has 1 aromatic rings. The molecular weight excluding hydrogens is 202 g/mol. The molecule has 0 spiro atoms. The molecule has 0 radical (unpaired) electrons. The van der Waals surface area contributed by atoms with Crippen LogP contribution in [0.5, 0.6) is 0 Å². The lowest BCUT2D eigenvalue weighted by molar-refractivity contribution is 0.269. The highest BCUT2D eigenvalue weighted by Crippen LogP contribution is 2.17. The first-order chi connectivity index (χ1) is 7.57. The lowest BCUT2D eigenvalue weighted by Gasteiger charge is -2.22. The molecule has 0 bridgehead atoms. The number of hydrogen-bond acceptors (Lipinski definition) is 3. The number of aromatic nitrogens is 2. The summed E-state index contributed by atoms with van der Waals surface area (Å²) in [7, 11) is 0. The summed E-state index contributed by atoms with van der Waals surface area (Å²) in [6.07, 6.45) is 4.99. The summed E-state index contributed by atoms with van der Waals surface area (Å²) >= 11 is 0. The zero-order chi connectivity index (χ0) is 12.0. The molecule has 4 nitrogen and oxygen atoms in total. The van der Waals surface area contributed by atoms with Crippen molar-refractivity contribution in [2.24, 2.45) is 5.41 Å². The van der Waals surface area contributed by atoms with Crippen molar-refractivity contribution >= 4 is 0 Å². The SMILES string of the molecule is CCC(C)(C)CNCc1cnn(CCO)c1. The number of aliphatic hydroxyl groups excluding tert-OH is 1. The number of nitrogens with one attached hydrogen (secondary N) is 1. The van der Waals surface area contributed by atoms with Gasteiger partial charge in [-0.25, -0.2) is 0 Å². The fourth-order valence-corrected chi connectivity index (χ4v) is 1.39. The van der Waals surface area contributed by atoms with Gasteiger partial charge in [-0.15, -0.1) is 0 Å². The van der Waals surface area contributed by atoms with Gasteiger partial charge in [-0.3, -0.25) is 4.68 Å². The van der Waals surface area contributed by atoms with E-state index < -0.39 is 0 Å². The van der Waals surface area contributed by atoms with Crippen molar-refractivity contribution in [1.29, 1.82) is 0 Å². The molecule has 0 saturated heterocycles. The van der Waals surface area contributed by atoms with Gasteiger partial charge in [-0.05, 0) is 11.8 Å². The van der Waals surface area contributed by atoms with Crippen molar-refractivity contribution in [2.75, 3.05) is 13.2 Å². The number of rotatable bonds is 7. The van der Waals surface area contributed by atoms with Crippen LogP contribution in [-0.4, -0.2) is 28.0 Å². The molecule has 2 N–H and O–H groups in total. The molecular formula is C12H23N3O. The summed E-state index contributed by atoms with van der Waals surface area (Å²) < 4.78 is 1.77. The van der Waals surface area contributed by atoms with E-state index in [1.807, 2.05) is 12.4 Å². The Kier molecular flexibility index (Phi) is 4.96. The van der Waals surface area contributed by atoms with E-state index in [9.17, 15) is 0 Å². The van der Waals surface area contributed by atoms with Crippen LogP contribution in [0.2, 0.25) is 0 Å². The average molecular weight is 225 g/mol. The minimum Gasteiger partial charge on any atom is -0.394 e. The summed E-state index contributed by atoms with van der Waals surface area (Å²) in [5.74, 6) is 0. The van der Waals surface area contributed by atoms with E-state index in [-0.39, 0.29) is 6.61 Å². The highest BCUT2D eigenvalue weighted by atomic mass is 16.3. The van der Waals surface area contributed by atoms with Crippen LogP contribution >= 0.6 is 0 Å². The molecule has 0 fully saturated rings. The average Bonchev–Trinajstić information content (AvgIpc) is 2.66. The number of hydrogen-bond donors (Lipinski definition) is 2. The maximum atomic E-state index is 8.77. The van der Waals surface area contributed by atoms with Crippen molar-refractivity contribution in [3.8, 4) is 0 Å². The van der Waals surface area contributed by atoms with Crippen LogP contribution < -0.4 is 5.32 Å². The Morgan fingerprint density at radius 3 is 2.88 bits per heavy atom. The predicted octanol–water partition coefficient (Wildman–Crippen LogP) is 1.40. The van der Waals surface area contributed by atoms with Gasteiger partial charge in [-0.1, -0.05) is 20.8 Å². The number of aliphatic hydroxyl groups is 1. The van der Waals surface area contributed by atoms with Gasteiger partial charge in [0, 0.05) is 24.8 Å². The van der Waals surface area contributed by atoms with Gasteiger partial charge in [0.2, 0.25) is 0 Å². The number of nitrogens with zero attached hydrogens (tertiary/aromatic N) is 2. The molecule has 0 saturated carbocycles. The first kappa shape index (κ1) is 13.2. The smallest absolute Gasteiger partial charge is 0.0640 e. The van der Waals surface area contributed by atoms with Crippen molar-refractivity contribution in [3.63, 3.8) is 0 Å². The zero-order valence-corrected chi connectivity index (χ0v) is 10.5. The molecule has 0 unspecified atom stereocenters. The Bertz CT molecular complexity index is 307. The van der Waals surface area contributed by atoms with Crippen LogP contribution in [0.15, 0.2) is 12.4 Å². The third-order valence-electron chi connectivity index (χ3n) is 2.91. The lowest BCUT2D eigenvalue weighted by atomic mass is 9.90. The van der Waals surface area contributed by atoms with Crippen molar-refractivity contribution in [3.05, 3.63) is 18.0 Å². The Balaban J connectivity index is 2.31. The second-order valence-electron chi connectivity index (χ2n) is 4.96. The molecule has 0 aliphatic heterocycles. The summed E-state index contributed by atoms with van der Waals surface area (Å²) in [6, 6.07) is 0. The lowest BCUT2D eigenvalue weighted by Crippen LogP contribution is -2.28. The summed E-state index contributed by atoms with van der Waals surface area (Å²) in [6.45, 7) is 9.28. The van der Waals surface area contributed by atoms with Crippen LogP contribution in [0.25, 0.3) is 0 Å². The monoisotopic (exact) mass is 225 g/mol. The summed E-state index contributed by atoms with van der Waals surface area (Å²) in [4.78, 5) is 0. The molecule has 1 heterocycles. The summed E-state index contributed by atoms with van der Waals surface area (Å²) in [5.41, 5.74) is 1.52. The largest absolute Gasteiger partial charge is 0.394 e. The highest BCUT2D eigenvalue weighted by Gasteiger charge is 2.13. The summed E-state index contributed by atoms with van der Waals surface area (Å²) in [5, 5.41) is 16.4. The van der Waals surface area contributed by atoms with Gasteiger partial charge in [0.15, 0.2) is 0 Å². The molecule has 1 rings (SSSR count). The van der Waals surface area contributed by atoms with Crippen LogP contribution in [0.1, 0.15) is 32.8 Å². The standard InChI is InChI=1S/C12H23N3O/c1-4-12(2,3)10-13-7-11-8-14-15(9-11)5-6-16/h8-9,13,16H,4-7,10H2,1-3H3. The molecule has 0 amide bonds. The Hall–Kier alpha value is -0.870. The first-order valence-corrected chi connectivity index (χ1v) is 5.90. The fraction of sp³-hybridized carbons (Fsp3) is 0.750. The predicted molar refractivity (Wildman–Crippen MR) is 65.1 cm³/mol. The zero-order valence-electron chi connectivity index (χ0n) is 10.5. The first-order valence-electron chi connectivity index (χ1n) is 5.90. The van der Waals surface area contributed by atoms with Crippen molar-refractivity contribution in [2.45, 2.75) is 40.3 Å². The Labute approximate surface area is 97.7 Å². The minimum atomic E-state index is 0.136. The second-order valence-corrected chi connectivity index (χ2v) is 4.96. The van der Waals surface area contributed by atoms with Crippen LogP contribution in [0, 0.1) is 5.41 Å². The van der Waals surface area contributed by atoms with Crippen LogP contribution in [0.3, 0.4) is 0 Å². The fourth-order valence-electron chi connectivity index (χ4n) is 1.39. The van der Waals surface area contributed by atoms with Crippen molar-refractivity contribution in [1.82, 2.24) is 15.1 Å². The van der Waals surface area contributed by atoms with Crippen LogP contribution in [0.4, 0.5) is 0 Å². The van der Waals surface area contributed by atoms with E-state index in [2.05, 4.69) is 31.2 Å². The van der Waals surface area contributed by atoms with E-state index in [0.717, 1.165) is 13.1 Å². The van der Waals surface area contributed by atoms with E-state index in [4.69, 9.17) is 5.11 Å². The third-order valence-corrected chi connectivity index (χ3v) is 2.91. The molecule has 16 heavy (non-hydrogen) atoms. The topological polar surface area (TPSA) is 50.1 Å². The van der Waals surface area contributed by atoms with Gasteiger partial charge >= 0.3 is 0 Å². The van der Waals surface area contributed by atoms with E-state index in [1.54, 1.807) is 4.68 Å². The molecule has 1 aromatic heterocycles. The molecule has 92 valence electrons. The van der Waals surface area contributed by atoms with E-state index in [0.29, 0.717) is 12.0 Å². The third kappa shape index (κ3) is 4.33. The molecule has 0 aliphatic carbocycles. The normalized spacial score (nSPS) is 12.0. The van der Waals surface area contributed by atoms with Gasteiger partial charge in [-0.2, -0.15) is 5.10 Å². The van der Waals surface area contributed by atoms with Crippen LogP contribution in [-0.2, 0) is 13.1 Å². The maximum Gasteiger partial charge on any atom is 0.0640 e. The van der Waals surface area contributed by atoms with E-state index in [1.165, 1.54) is 12.0 Å². The Morgan fingerprint density at radius 2 is 2.25 bits per heavy atom. The molecule has 0 atom stereocenters. The van der Waals surface area contributed by atoms with E-state index >= 15 is 0 Å². The van der Waals surface area contributed by atoms with Crippen molar-refractivity contribution < 1.29 is 5.11 Å². The molecule has 0 aromatic carbocycles. The highest BCUT2D eigenvalue weighted by molar-refractivity contribution is 5.03. The van der Waals surface area contributed by atoms with Gasteiger partial charge in [0.1, 0.15) is 0 Å². The Morgan fingerprint density at radius 1 is 1.50 bits per heavy atom. The second kappa shape index (κ2) is 6.01. The van der Waals surface area contributed by atoms with Gasteiger partial charge in [0.25, 0.3) is 0 Å². The van der Waals surface area contributed by atoms with Gasteiger partial charge in [0.05, 0.1) is 19.3 Å². The quantitative estimate of drug-likeness (QED) is 0.737. The maximum absolute atomic E-state index is 8.77. The molecule has 4 heteroatoms. The van der Waals surface area contributed by atoms with Gasteiger partial charge < -0.3 is 10.4 Å². The minimum absolute atomic E-state index is 0.136. The molecule has 0 aliphatic rings.